The zero-order chi connectivity index (χ0) is 20.9. The largest absolute Gasteiger partial charge is 0.494 e. The Morgan fingerprint density at radius 2 is 1.97 bits per heavy atom. The molecule has 9 nitrogen and oxygen atoms in total. The van der Waals surface area contributed by atoms with Gasteiger partial charge in [-0.2, -0.15) is 16.1 Å². The predicted octanol–water partition coefficient (Wildman–Crippen LogP) is 1.23. The number of hydrogen-bond donors (Lipinski definition) is 2. The summed E-state index contributed by atoms with van der Waals surface area (Å²) in [6.07, 6.45) is 5.89. The fraction of sp³-hybridized carbons (Fsp3) is 0.389. The summed E-state index contributed by atoms with van der Waals surface area (Å²) in [4.78, 5) is 20.5. The standard InChI is InChI=1S/C18H22N4O5S2/c1-28-10-2-9-27-13-3-5-14(6-4-13)29(25,26)22-12-16-15(19-7-8-20-16)11-17(22)18(23)21-24/h3-8,17,24H,2,9-12H2,1H3,(H,21,23). The van der Waals surface area contributed by atoms with E-state index in [4.69, 9.17) is 9.94 Å². The van der Waals surface area contributed by atoms with E-state index < -0.39 is 22.0 Å². The SMILES string of the molecule is CSCCCOc1ccc(S(=O)(=O)N2Cc3nccnc3CC2C(=O)NO)cc1. The zero-order valence-corrected chi connectivity index (χ0v) is 17.4. The van der Waals surface area contributed by atoms with E-state index in [0.29, 0.717) is 23.7 Å². The van der Waals surface area contributed by atoms with Crippen LogP contribution in [0.4, 0.5) is 0 Å². The third-order valence-corrected chi connectivity index (χ3v) is 7.07. The molecule has 11 heteroatoms. The van der Waals surface area contributed by atoms with Crippen molar-refractivity contribution in [3.05, 3.63) is 48.0 Å². The van der Waals surface area contributed by atoms with Crippen molar-refractivity contribution < 1.29 is 23.2 Å². The van der Waals surface area contributed by atoms with Crippen LogP contribution in [0.1, 0.15) is 17.8 Å². The van der Waals surface area contributed by atoms with Gasteiger partial charge in [0.1, 0.15) is 11.8 Å². The second kappa shape index (κ2) is 9.53. The minimum atomic E-state index is -4.02. The molecule has 1 aliphatic rings. The predicted molar refractivity (Wildman–Crippen MR) is 107 cm³/mol. The van der Waals surface area contributed by atoms with Crippen LogP contribution in [0.3, 0.4) is 0 Å². The van der Waals surface area contributed by atoms with Crippen LogP contribution < -0.4 is 10.2 Å². The third-order valence-electron chi connectivity index (χ3n) is 4.51. The van der Waals surface area contributed by atoms with E-state index in [1.807, 2.05) is 6.26 Å². The molecule has 2 N–H and O–H groups in total. The van der Waals surface area contributed by atoms with Gasteiger partial charge in [0.15, 0.2) is 0 Å². The molecule has 1 aliphatic heterocycles. The number of carbonyl (C=O) groups excluding carboxylic acids is 1. The van der Waals surface area contributed by atoms with E-state index >= 15 is 0 Å². The van der Waals surface area contributed by atoms with Gasteiger partial charge in [0.05, 0.1) is 29.4 Å². The maximum absolute atomic E-state index is 13.2. The number of hydroxylamine groups is 1. The number of thioether (sulfide) groups is 1. The Labute approximate surface area is 173 Å². The molecule has 2 aromatic rings. The Kier molecular flexibility index (Phi) is 7.06. The summed E-state index contributed by atoms with van der Waals surface area (Å²) in [5.74, 6) is 0.739. The normalized spacial score (nSPS) is 16.8. The number of amides is 1. The van der Waals surface area contributed by atoms with Gasteiger partial charge in [-0.05, 0) is 42.7 Å². The number of hydrogen-bond acceptors (Lipinski definition) is 8. The van der Waals surface area contributed by atoms with Gasteiger partial charge in [-0.3, -0.25) is 20.0 Å². The van der Waals surface area contributed by atoms with Crippen molar-refractivity contribution in [2.24, 2.45) is 0 Å². The molecule has 1 unspecified atom stereocenters. The molecule has 0 spiro atoms. The summed E-state index contributed by atoms with van der Waals surface area (Å²) in [7, 11) is -4.02. The summed E-state index contributed by atoms with van der Waals surface area (Å²) in [6, 6.07) is 4.94. The molecule has 1 atom stereocenters. The first-order valence-corrected chi connectivity index (χ1v) is 11.8. The Bertz CT molecular complexity index is 953. The van der Waals surface area contributed by atoms with Crippen molar-refractivity contribution in [1.29, 1.82) is 0 Å². The topological polar surface area (TPSA) is 122 Å². The van der Waals surface area contributed by atoms with Crippen LogP contribution in [0.15, 0.2) is 41.6 Å². The highest BCUT2D eigenvalue weighted by molar-refractivity contribution is 7.98. The van der Waals surface area contributed by atoms with E-state index in [0.717, 1.165) is 16.5 Å². The maximum Gasteiger partial charge on any atom is 0.262 e. The molecule has 0 saturated heterocycles. The summed E-state index contributed by atoms with van der Waals surface area (Å²) < 4.78 is 33.1. The summed E-state index contributed by atoms with van der Waals surface area (Å²) in [5, 5.41) is 9.07. The first-order valence-electron chi connectivity index (χ1n) is 8.93. The highest BCUT2D eigenvalue weighted by atomic mass is 32.2. The molecule has 0 radical (unpaired) electrons. The molecule has 29 heavy (non-hydrogen) atoms. The van der Waals surface area contributed by atoms with Crippen molar-refractivity contribution >= 4 is 27.7 Å². The molecular formula is C18H22N4O5S2. The Morgan fingerprint density at radius 1 is 1.28 bits per heavy atom. The second-order valence-corrected chi connectivity index (χ2v) is 9.24. The quantitative estimate of drug-likeness (QED) is 0.359. The molecule has 1 amide bonds. The molecule has 0 bridgehead atoms. The number of sulfonamides is 1. The van der Waals surface area contributed by atoms with E-state index in [1.54, 1.807) is 29.4 Å². The van der Waals surface area contributed by atoms with Crippen LogP contribution in [0.2, 0.25) is 0 Å². The van der Waals surface area contributed by atoms with Crippen LogP contribution in [0, 0.1) is 0 Å². The van der Waals surface area contributed by atoms with Gasteiger partial charge in [-0.25, -0.2) is 13.9 Å². The molecule has 1 aromatic carbocycles. The average Bonchev–Trinajstić information content (AvgIpc) is 2.75. The fourth-order valence-corrected chi connectivity index (χ4v) is 4.98. The van der Waals surface area contributed by atoms with Gasteiger partial charge in [0.2, 0.25) is 10.0 Å². The number of rotatable bonds is 8. The van der Waals surface area contributed by atoms with E-state index in [2.05, 4.69) is 9.97 Å². The van der Waals surface area contributed by atoms with E-state index in [9.17, 15) is 13.2 Å². The molecule has 0 saturated carbocycles. The van der Waals surface area contributed by atoms with Crippen molar-refractivity contribution in [2.75, 3.05) is 18.6 Å². The summed E-state index contributed by atoms with van der Waals surface area (Å²) in [6.45, 7) is 0.434. The van der Waals surface area contributed by atoms with Gasteiger partial charge in [-0.1, -0.05) is 0 Å². The van der Waals surface area contributed by atoms with Crippen molar-refractivity contribution in [1.82, 2.24) is 19.8 Å². The second-order valence-electron chi connectivity index (χ2n) is 6.36. The highest BCUT2D eigenvalue weighted by Gasteiger charge is 2.40. The smallest absolute Gasteiger partial charge is 0.262 e. The molecule has 1 aromatic heterocycles. The molecule has 0 aliphatic carbocycles. The van der Waals surface area contributed by atoms with E-state index in [1.165, 1.54) is 24.5 Å². The van der Waals surface area contributed by atoms with Crippen LogP contribution in [0.5, 0.6) is 5.75 Å². The minimum Gasteiger partial charge on any atom is -0.494 e. The number of nitrogens with one attached hydrogen (secondary N) is 1. The van der Waals surface area contributed by atoms with E-state index in [-0.39, 0.29) is 17.9 Å². The van der Waals surface area contributed by atoms with Gasteiger partial charge in [0.25, 0.3) is 5.91 Å². The third kappa shape index (κ3) is 4.86. The lowest BCUT2D eigenvalue weighted by Crippen LogP contribution is -2.52. The van der Waals surface area contributed by atoms with Crippen LogP contribution >= 0.6 is 11.8 Å². The lowest BCUT2D eigenvalue weighted by atomic mass is 10.0. The molecule has 0 fully saturated rings. The number of carbonyl (C=O) groups is 1. The number of aromatic nitrogens is 2. The van der Waals surface area contributed by atoms with Crippen molar-refractivity contribution in [3.8, 4) is 5.75 Å². The number of fused-ring (bicyclic) bond motifs is 1. The Balaban J connectivity index is 1.83. The number of ether oxygens (including phenoxy) is 1. The van der Waals surface area contributed by atoms with Gasteiger partial charge in [0, 0.05) is 18.8 Å². The Morgan fingerprint density at radius 3 is 2.62 bits per heavy atom. The monoisotopic (exact) mass is 438 g/mol. The average molecular weight is 439 g/mol. The van der Waals surface area contributed by atoms with Crippen molar-refractivity contribution in [3.63, 3.8) is 0 Å². The number of nitrogens with zero attached hydrogens (tertiary/aromatic N) is 3. The summed E-state index contributed by atoms with van der Waals surface area (Å²) in [5.41, 5.74) is 2.55. The molecule has 3 rings (SSSR count). The number of benzene rings is 1. The van der Waals surface area contributed by atoms with Crippen molar-refractivity contribution in [2.45, 2.75) is 30.3 Å². The first-order chi connectivity index (χ1) is 14.0. The lowest BCUT2D eigenvalue weighted by molar-refractivity contribution is -0.133. The first kappa shape index (κ1) is 21.5. The molecular weight excluding hydrogens is 416 g/mol. The van der Waals surface area contributed by atoms with Crippen LogP contribution in [-0.2, 0) is 27.8 Å². The van der Waals surface area contributed by atoms with Gasteiger partial charge in [-0.15, -0.1) is 0 Å². The summed E-state index contributed by atoms with van der Waals surface area (Å²) >= 11 is 1.73. The Hall–Kier alpha value is -2.21. The van der Waals surface area contributed by atoms with Crippen LogP contribution in [-0.4, -0.2) is 58.5 Å². The fourth-order valence-electron chi connectivity index (χ4n) is 3.03. The van der Waals surface area contributed by atoms with Gasteiger partial charge >= 0.3 is 0 Å². The minimum absolute atomic E-state index is 0.0193. The van der Waals surface area contributed by atoms with Gasteiger partial charge < -0.3 is 4.74 Å². The molecule has 2 heterocycles. The highest BCUT2D eigenvalue weighted by Crippen LogP contribution is 2.28. The van der Waals surface area contributed by atoms with Crippen LogP contribution in [0.25, 0.3) is 0 Å². The molecule has 156 valence electrons. The lowest BCUT2D eigenvalue weighted by Gasteiger charge is -2.33. The maximum atomic E-state index is 13.2. The zero-order valence-electron chi connectivity index (χ0n) is 15.8.